The maximum atomic E-state index is 11.7. The third kappa shape index (κ3) is 3.47. The van der Waals surface area contributed by atoms with Crippen molar-refractivity contribution in [3.8, 4) is 11.1 Å². The first-order chi connectivity index (χ1) is 13.5. The number of pyridine rings is 1. The van der Waals surface area contributed by atoms with Gasteiger partial charge in [0, 0.05) is 32.8 Å². The summed E-state index contributed by atoms with van der Waals surface area (Å²) < 4.78 is 0. The molecule has 0 amide bonds. The van der Waals surface area contributed by atoms with E-state index in [-0.39, 0.29) is 5.56 Å². The number of nitrogens with one attached hydrogen (secondary N) is 1. The van der Waals surface area contributed by atoms with Crippen LogP contribution in [0.3, 0.4) is 0 Å². The molecule has 2 heterocycles. The highest BCUT2D eigenvalue weighted by atomic mass is 35.5. The Labute approximate surface area is 169 Å². The summed E-state index contributed by atoms with van der Waals surface area (Å²) in [5, 5.41) is 22.1. The van der Waals surface area contributed by atoms with Gasteiger partial charge in [0.2, 0.25) is 0 Å². The van der Waals surface area contributed by atoms with E-state index in [0.29, 0.717) is 26.9 Å². The van der Waals surface area contributed by atoms with E-state index >= 15 is 0 Å². The Bertz CT molecular complexity index is 1200. The van der Waals surface area contributed by atoms with E-state index in [0.717, 1.165) is 16.5 Å². The highest BCUT2D eigenvalue weighted by Crippen LogP contribution is 2.37. The summed E-state index contributed by atoms with van der Waals surface area (Å²) in [6.07, 6.45) is 4.89. The Hall–Kier alpha value is -3.22. The molecule has 28 heavy (non-hydrogen) atoms. The fourth-order valence-electron chi connectivity index (χ4n) is 2.91. The van der Waals surface area contributed by atoms with Crippen LogP contribution in [0.4, 0.5) is 11.4 Å². The first-order valence-corrected chi connectivity index (χ1v) is 8.94. The number of benzene rings is 2. The Kier molecular flexibility index (Phi) is 4.81. The molecule has 0 aliphatic rings. The summed E-state index contributed by atoms with van der Waals surface area (Å²) in [5.41, 5.74) is 3.33. The van der Waals surface area contributed by atoms with Crippen LogP contribution in [-0.2, 0) is 0 Å². The molecule has 0 radical (unpaired) electrons. The lowest BCUT2D eigenvalue weighted by molar-refractivity contribution is 0.0698. The van der Waals surface area contributed by atoms with Crippen LogP contribution in [0.1, 0.15) is 10.4 Å². The Morgan fingerprint density at radius 2 is 1.75 bits per heavy atom. The maximum Gasteiger partial charge on any atom is 0.337 e. The van der Waals surface area contributed by atoms with Crippen LogP contribution in [0.15, 0.2) is 61.1 Å². The van der Waals surface area contributed by atoms with Gasteiger partial charge in [-0.3, -0.25) is 4.98 Å². The Morgan fingerprint density at radius 3 is 2.50 bits per heavy atom. The second-order valence-corrected chi connectivity index (χ2v) is 6.83. The van der Waals surface area contributed by atoms with Crippen molar-refractivity contribution in [2.45, 2.75) is 0 Å². The van der Waals surface area contributed by atoms with Gasteiger partial charge in [-0.15, -0.1) is 0 Å². The van der Waals surface area contributed by atoms with E-state index in [1.807, 2.05) is 0 Å². The first-order valence-electron chi connectivity index (χ1n) is 8.18. The molecule has 4 rings (SSSR count). The monoisotopic (exact) mass is 410 g/mol. The lowest BCUT2D eigenvalue weighted by atomic mass is 10.0. The molecule has 0 saturated heterocycles. The molecule has 0 unspecified atom stereocenters. The number of nitrogens with zero attached hydrogens (tertiary/aromatic N) is 3. The van der Waals surface area contributed by atoms with Crippen molar-refractivity contribution >= 4 is 51.4 Å². The van der Waals surface area contributed by atoms with Crippen LogP contribution >= 0.6 is 23.2 Å². The standard InChI is InChI=1S/C20H12Cl2N4O2/c21-12-1-3-17-14(7-12)19(16(10-23-17)11-5-6-24-25-9-11)26-18-4-2-13(22)8-15(18)20(27)28/h1-10H,(H,23,26)(H,27,28). The predicted octanol–water partition coefficient (Wildman–Crippen LogP) is 5.44. The minimum Gasteiger partial charge on any atom is -0.478 e. The normalized spacial score (nSPS) is 10.8. The number of rotatable bonds is 4. The lowest BCUT2D eigenvalue weighted by Crippen LogP contribution is -2.04. The van der Waals surface area contributed by atoms with E-state index in [9.17, 15) is 9.90 Å². The first kappa shape index (κ1) is 18.2. The van der Waals surface area contributed by atoms with Crippen molar-refractivity contribution in [1.82, 2.24) is 15.2 Å². The smallest absolute Gasteiger partial charge is 0.337 e. The fraction of sp³-hybridized carbons (Fsp3) is 0. The molecule has 0 spiro atoms. The quantitative estimate of drug-likeness (QED) is 0.465. The van der Waals surface area contributed by atoms with Gasteiger partial charge in [0.1, 0.15) is 0 Å². The van der Waals surface area contributed by atoms with Crippen LogP contribution in [0.25, 0.3) is 22.0 Å². The van der Waals surface area contributed by atoms with Gasteiger partial charge in [0.05, 0.1) is 34.8 Å². The number of carboxylic acids is 1. The summed E-state index contributed by atoms with van der Waals surface area (Å²) in [6, 6.07) is 11.8. The van der Waals surface area contributed by atoms with Crippen LogP contribution < -0.4 is 5.32 Å². The second-order valence-electron chi connectivity index (χ2n) is 5.96. The Balaban J connectivity index is 1.97. The molecule has 0 bridgehead atoms. The third-order valence-electron chi connectivity index (χ3n) is 4.20. The van der Waals surface area contributed by atoms with Crippen LogP contribution in [-0.4, -0.2) is 26.3 Å². The zero-order valence-corrected chi connectivity index (χ0v) is 15.7. The predicted molar refractivity (Wildman–Crippen MR) is 109 cm³/mol. The van der Waals surface area contributed by atoms with E-state index in [2.05, 4.69) is 20.5 Å². The summed E-state index contributed by atoms with van der Waals surface area (Å²) in [7, 11) is 0. The Morgan fingerprint density at radius 1 is 0.964 bits per heavy atom. The van der Waals surface area contributed by atoms with Gasteiger partial charge in [-0.05, 0) is 42.5 Å². The number of fused-ring (bicyclic) bond motifs is 1. The van der Waals surface area contributed by atoms with E-state index in [4.69, 9.17) is 23.2 Å². The average Bonchev–Trinajstić information content (AvgIpc) is 2.70. The third-order valence-corrected chi connectivity index (χ3v) is 4.67. The minimum absolute atomic E-state index is 0.0540. The second kappa shape index (κ2) is 7.42. The van der Waals surface area contributed by atoms with Gasteiger partial charge < -0.3 is 10.4 Å². The number of hydrogen-bond acceptors (Lipinski definition) is 5. The van der Waals surface area contributed by atoms with Gasteiger partial charge in [-0.1, -0.05) is 23.2 Å². The number of carboxylic acid groups (broad SMARTS) is 1. The molecule has 2 N–H and O–H groups in total. The van der Waals surface area contributed by atoms with Crippen LogP contribution in [0, 0.1) is 0 Å². The molecule has 4 aromatic rings. The summed E-state index contributed by atoms with van der Waals surface area (Å²) >= 11 is 12.2. The molecule has 138 valence electrons. The number of halogens is 2. The van der Waals surface area contributed by atoms with Crippen molar-refractivity contribution in [1.29, 1.82) is 0 Å². The molecule has 0 fully saturated rings. The molecule has 2 aromatic heterocycles. The van der Waals surface area contributed by atoms with Crippen LogP contribution in [0.2, 0.25) is 10.0 Å². The summed E-state index contributed by atoms with van der Waals surface area (Å²) in [5.74, 6) is -1.09. The number of carbonyl (C=O) groups is 1. The number of aromatic carboxylic acids is 1. The van der Waals surface area contributed by atoms with Crippen LogP contribution in [0.5, 0.6) is 0 Å². The average molecular weight is 411 g/mol. The molecule has 0 saturated carbocycles. The van der Waals surface area contributed by atoms with Gasteiger partial charge in [0.15, 0.2) is 0 Å². The van der Waals surface area contributed by atoms with Crippen molar-refractivity contribution in [2.24, 2.45) is 0 Å². The maximum absolute atomic E-state index is 11.7. The number of aromatic nitrogens is 3. The largest absolute Gasteiger partial charge is 0.478 e. The van der Waals surface area contributed by atoms with Crippen molar-refractivity contribution in [3.63, 3.8) is 0 Å². The fourth-order valence-corrected chi connectivity index (χ4v) is 3.25. The van der Waals surface area contributed by atoms with Crippen molar-refractivity contribution in [3.05, 3.63) is 76.7 Å². The molecule has 8 heteroatoms. The zero-order chi connectivity index (χ0) is 19.7. The number of hydrogen-bond donors (Lipinski definition) is 2. The van der Waals surface area contributed by atoms with E-state index < -0.39 is 5.97 Å². The highest BCUT2D eigenvalue weighted by Gasteiger charge is 2.16. The molecule has 0 aliphatic carbocycles. The van der Waals surface area contributed by atoms with Gasteiger partial charge >= 0.3 is 5.97 Å². The van der Waals surface area contributed by atoms with E-state index in [1.165, 1.54) is 6.07 Å². The molecule has 0 atom stereocenters. The summed E-state index contributed by atoms with van der Waals surface area (Å²) in [4.78, 5) is 16.2. The van der Waals surface area contributed by atoms with E-state index in [1.54, 1.807) is 55.0 Å². The van der Waals surface area contributed by atoms with Crippen molar-refractivity contribution < 1.29 is 9.90 Å². The molecular weight excluding hydrogens is 399 g/mol. The molecule has 0 aliphatic heterocycles. The SMILES string of the molecule is O=C(O)c1cc(Cl)ccc1Nc1c(-c2ccnnc2)cnc2ccc(Cl)cc12. The summed E-state index contributed by atoms with van der Waals surface area (Å²) in [6.45, 7) is 0. The van der Waals surface area contributed by atoms with Gasteiger partial charge in [0.25, 0.3) is 0 Å². The zero-order valence-electron chi connectivity index (χ0n) is 14.2. The topological polar surface area (TPSA) is 88.0 Å². The highest BCUT2D eigenvalue weighted by molar-refractivity contribution is 6.32. The minimum atomic E-state index is -1.09. The molecule has 2 aromatic carbocycles. The van der Waals surface area contributed by atoms with Crippen molar-refractivity contribution in [2.75, 3.05) is 5.32 Å². The lowest BCUT2D eigenvalue weighted by Gasteiger charge is -2.16. The van der Waals surface area contributed by atoms with Gasteiger partial charge in [-0.2, -0.15) is 10.2 Å². The number of anilines is 2. The van der Waals surface area contributed by atoms with Gasteiger partial charge in [-0.25, -0.2) is 4.79 Å². The molecular formula is C20H12Cl2N4O2. The molecule has 6 nitrogen and oxygen atoms in total.